The highest BCUT2D eigenvalue weighted by Gasteiger charge is 2.16. The lowest BCUT2D eigenvalue weighted by atomic mass is 9.96. The Labute approximate surface area is 124 Å². The highest BCUT2D eigenvalue weighted by Crippen LogP contribution is 2.30. The van der Waals surface area contributed by atoms with Crippen molar-refractivity contribution in [3.8, 4) is 11.5 Å². The Bertz CT molecular complexity index is 672. The van der Waals surface area contributed by atoms with Gasteiger partial charge in [-0.3, -0.25) is 0 Å². The third kappa shape index (κ3) is 3.31. The molecule has 2 rings (SSSR count). The van der Waals surface area contributed by atoms with Gasteiger partial charge in [-0.15, -0.1) is 0 Å². The summed E-state index contributed by atoms with van der Waals surface area (Å²) in [6.45, 7) is 8.11. The predicted octanol–water partition coefficient (Wildman–Crippen LogP) is 4.28. The van der Waals surface area contributed by atoms with Gasteiger partial charge in [-0.05, 0) is 29.7 Å². The molecule has 108 valence electrons. The van der Waals surface area contributed by atoms with Crippen molar-refractivity contribution in [2.75, 3.05) is 0 Å². The van der Waals surface area contributed by atoms with E-state index in [1.165, 1.54) is 12.1 Å². The molecule has 0 aliphatic carbocycles. The minimum Gasteiger partial charge on any atom is -0.507 e. The second-order valence-corrected chi connectivity index (χ2v) is 5.08. The summed E-state index contributed by atoms with van der Waals surface area (Å²) in [7, 11) is 0. The molecule has 3 nitrogen and oxygen atoms in total. The van der Waals surface area contributed by atoms with Crippen molar-refractivity contribution in [3.05, 3.63) is 66.2 Å². The summed E-state index contributed by atoms with van der Waals surface area (Å²) >= 11 is 0. The molecule has 2 aromatic carbocycles. The summed E-state index contributed by atoms with van der Waals surface area (Å²) in [6.07, 6.45) is 0. The Kier molecular flexibility index (Phi) is 4.43. The summed E-state index contributed by atoms with van der Waals surface area (Å²) in [5.41, 5.74) is 1.84. The Morgan fingerprint density at radius 1 is 1.05 bits per heavy atom. The van der Waals surface area contributed by atoms with Crippen LogP contribution >= 0.6 is 0 Å². The number of hydrogen-bond donors (Lipinski definition) is 1. The van der Waals surface area contributed by atoms with E-state index < -0.39 is 5.97 Å². The maximum atomic E-state index is 12.2. The first-order chi connectivity index (χ1) is 10.0. The maximum Gasteiger partial charge on any atom is 0.347 e. The summed E-state index contributed by atoms with van der Waals surface area (Å²) in [5.74, 6) is 0.0132. The third-order valence-electron chi connectivity index (χ3n) is 3.26. The molecule has 2 aromatic rings. The standard InChI is InChI=1S/C18H18O3/c1-12(2)13(3)14-8-5-7-11-17(14)21-18(20)15-9-4-6-10-16(15)19/h4-12,19H,3H2,1-2H3. The highest BCUT2D eigenvalue weighted by atomic mass is 16.5. The maximum absolute atomic E-state index is 12.2. The number of para-hydroxylation sites is 2. The van der Waals surface area contributed by atoms with Crippen LogP contribution in [0.15, 0.2) is 55.1 Å². The van der Waals surface area contributed by atoms with E-state index in [4.69, 9.17) is 4.74 Å². The van der Waals surface area contributed by atoms with Crippen LogP contribution in [0.3, 0.4) is 0 Å². The van der Waals surface area contributed by atoms with E-state index in [1.807, 2.05) is 26.0 Å². The molecule has 3 heteroatoms. The molecule has 0 spiro atoms. The van der Waals surface area contributed by atoms with E-state index >= 15 is 0 Å². The van der Waals surface area contributed by atoms with Gasteiger partial charge in [-0.2, -0.15) is 0 Å². The fourth-order valence-corrected chi connectivity index (χ4v) is 1.93. The van der Waals surface area contributed by atoms with Gasteiger partial charge in [0, 0.05) is 5.56 Å². The van der Waals surface area contributed by atoms with Gasteiger partial charge in [0.2, 0.25) is 0 Å². The van der Waals surface area contributed by atoms with E-state index in [2.05, 4.69) is 6.58 Å². The molecule has 0 amide bonds. The molecule has 0 bridgehead atoms. The van der Waals surface area contributed by atoms with Crippen molar-refractivity contribution in [1.82, 2.24) is 0 Å². The number of ether oxygens (including phenoxy) is 1. The Balaban J connectivity index is 2.30. The van der Waals surface area contributed by atoms with Crippen molar-refractivity contribution >= 4 is 11.5 Å². The van der Waals surface area contributed by atoms with Crippen molar-refractivity contribution in [3.63, 3.8) is 0 Å². The average molecular weight is 282 g/mol. The first-order valence-corrected chi connectivity index (χ1v) is 6.79. The third-order valence-corrected chi connectivity index (χ3v) is 3.26. The summed E-state index contributed by atoms with van der Waals surface area (Å²) in [6, 6.07) is 13.6. The number of esters is 1. The quantitative estimate of drug-likeness (QED) is 0.672. The van der Waals surface area contributed by atoms with Crippen LogP contribution < -0.4 is 4.74 Å². The lowest BCUT2D eigenvalue weighted by molar-refractivity contribution is 0.0731. The lowest BCUT2D eigenvalue weighted by Gasteiger charge is -2.14. The zero-order valence-corrected chi connectivity index (χ0v) is 12.2. The topological polar surface area (TPSA) is 46.5 Å². The molecular formula is C18H18O3. The Morgan fingerprint density at radius 2 is 1.62 bits per heavy atom. The van der Waals surface area contributed by atoms with E-state index in [-0.39, 0.29) is 17.2 Å². The largest absolute Gasteiger partial charge is 0.507 e. The zero-order valence-electron chi connectivity index (χ0n) is 12.2. The number of aromatic hydroxyl groups is 1. The van der Waals surface area contributed by atoms with Gasteiger partial charge in [-0.25, -0.2) is 4.79 Å². The smallest absolute Gasteiger partial charge is 0.347 e. The first-order valence-electron chi connectivity index (χ1n) is 6.79. The van der Waals surface area contributed by atoms with Crippen molar-refractivity contribution in [2.24, 2.45) is 5.92 Å². The summed E-state index contributed by atoms with van der Waals surface area (Å²) in [4.78, 5) is 12.2. The van der Waals surface area contributed by atoms with Crippen molar-refractivity contribution in [2.45, 2.75) is 13.8 Å². The monoisotopic (exact) mass is 282 g/mol. The normalized spacial score (nSPS) is 10.4. The first kappa shape index (κ1) is 14.9. The van der Waals surface area contributed by atoms with E-state index in [1.54, 1.807) is 24.3 Å². The number of carbonyl (C=O) groups is 1. The van der Waals surface area contributed by atoms with Gasteiger partial charge >= 0.3 is 5.97 Å². The van der Waals surface area contributed by atoms with Crippen LogP contribution in [0.1, 0.15) is 29.8 Å². The fourth-order valence-electron chi connectivity index (χ4n) is 1.93. The van der Waals surface area contributed by atoms with Crippen LogP contribution in [0.2, 0.25) is 0 Å². The number of rotatable bonds is 4. The molecule has 0 saturated heterocycles. The number of hydrogen-bond acceptors (Lipinski definition) is 3. The molecular weight excluding hydrogens is 264 g/mol. The minimum absolute atomic E-state index is 0.0948. The number of phenolic OH excluding ortho intramolecular Hbond substituents is 1. The van der Waals surface area contributed by atoms with Gasteiger partial charge < -0.3 is 9.84 Å². The molecule has 21 heavy (non-hydrogen) atoms. The van der Waals surface area contributed by atoms with Crippen LogP contribution in [-0.4, -0.2) is 11.1 Å². The second-order valence-electron chi connectivity index (χ2n) is 5.08. The highest BCUT2D eigenvalue weighted by molar-refractivity contribution is 5.94. The molecule has 0 aliphatic rings. The molecule has 0 fully saturated rings. The van der Waals surface area contributed by atoms with Gasteiger partial charge in [0.05, 0.1) is 0 Å². The Morgan fingerprint density at radius 3 is 2.24 bits per heavy atom. The van der Waals surface area contributed by atoms with Crippen LogP contribution in [0, 0.1) is 5.92 Å². The molecule has 0 unspecified atom stereocenters. The number of benzene rings is 2. The van der Waals surface area contributed by atoms with Gasteiger partial charge in [0.15, 0.2) is 0 Å². The molecule has 0 aromatic heterocycles. The molecule has 0 radical (unpaired) electrons. The van der Waals surface area contributed by atoms with Gasteiger partial charge in [0.25, 0.3) is 0 Å². The number of carbonyl (C=O) groups excluding carboxylic acids is 1. The lowest BCUT2D eigenvalue weighted by Crippen LogP contribution is -2.10. The molecule has 1 N–H and O–H groups in total. The molecule has 0 atom stereocenters. The van der Waals surface area contributed by atoms with E-state index in [0.29, 0.717) is 5.75 Å². The van der Waals surface area contributed by atoms with Crippen molar-refractivity contribution in [1.29, 1.82) is 0 Å². The summed E-state index contributed by atoms with van der Waals surface area (Å²) < 4.78 is 5.42. The minimum atomic E-state index is -0.586. The summed E-state index contributed by atoms with van der Waals surface area (Å²) in [5, 5.41) is 9.71. The van der Waals surface area contributed by atoms with Crippen molar-refractivity contribution < 1.29 is 14.6 Å². The number of phenols is 1. The van der Waals surface area contributed by atoms with Crippen LogP contribution in [0.5, 0.6) is 11.5 Å². The molecule has 0 heterocycles. The molecule has 0 aliphatic heterocycles. The van der Waals surface area contributed by atoms with Crippen LogP contribution in [-0.2, 0) is 0 Å². The molecule has 0 saturated carbocycles. The van der Waals surface area contributed by atoms with Crippen LogP contribution in [0.25, 0.3) is 5.57 Å². The average Bonchev–Trinajstić information content (AvgIpc) is 2.47. The zero-order chi connectivity index (χ0) is 15.4. The van der Waals surface area contributed by atoms with E-state index in [9.17, 15) is 9.90 Å². The van der Waals surface area contributed by atoms with Crippen LogP contribution in [0.4, 0.5) is 0 Å². The second kappa shape index (κ2) is 6.27. The van der Waals surface area contributed by atoms with Gasteiger partial charge in [0.1, 0.15) is 17.1 Å². The Hall–Kier alpha value is -2.55. The fraction of sp³-hybridized carbons (Fsp3) is 0.167. The number of allylic oxidation sites excluding steroid dienone is 1. The van der Waals surface area contributed by atoms with Gasteiger partial charge in [-0.1, -0.05) is 50.8 Å². The SMILES string of the molecule is C=C(c1ccccc1OC(=O)c1ccccc1O)C(C)C. The predicted molar refractivity (Wildman–Crippen MR) is 83.4 cm³/mol. The van der Waals surface area contributed by atoms with E-state index in [0.717, 1.165) is 11.1 Å².